The molecule has 0 aliphatic carbocycles. The van der Waals surface area contributed by atoms with Gasteiger partial charge in [-0.3, -0.25) is 0 Å². The highest BCUT2D eigenvalue weighted by molar-refractivity contribution is 4.70. The molecular formula is C10H23NO2. The molecule has 0 aromatic rings. The van der Waals surface area contributed by atoms with Crippen LogP contribution in [0, 0.1) is 0 Å². The third kappa shape index (κ3) is 6.99. The number of aliphatic hydroxyl groups excluding tert-OH is 1. The van der Waals surface area contributed by atoms with Gasteiger partial charge in [0.1, 0.15) is 0 Å². The van der Waals surface area contributed by atoms with Gasteiger partial charge in [0.25, 0.3) is 0 Å². The molecule has 0 radical (unpaired) electrons. The minimum absolute atomic E-state index is 0.222. The van der Waals surface area contributed by atoms with Crippen LogP contribution in [-0.2, 0) is 4.74 Å². The van der Waals surface area contributed by atoms with Crippen LogP contribution in [0.2, 0.25) is 0 Å². The summed E-state index contributed by atoms with van der Waals surface area (Å²) in [7, 11) is 1.69. The zero-order valence-corrected chi connectivity index (χ0v) is 9.05. The maximum Gasteiger partial charge on any atom is 0.0616 e. The maximum absolute atomic E-state index is 8.81. The summed E-state index contributed by atoms with van der Waals surface area (Å²) in [5, 5.41) is 12.2. The Morgan fingerprint density at radius 1 is 1.38 bits per heavy atom. The SMILES string of the molecule is CCCC(C)NC(CCO)COC. The maximum atomic E-state index is 8.81. The molecule has 0 saturated carbocycles. The number of rotatable bonds is 8. The summed E-state index contributed by atoms with van der Waals surface area (Å²) in [5.74, 6) is 0. The molecule has 0 spiro atoms. The summed E-state index contributed by atoms with van der Waals surface area (Å²) in [6, 6.07) is 0.799. The lowest BCUT2D eigenvalue weighted by Crippen LogP contribution is -2.40. The van der Waals surface area contributed by atoms with Crippen molar-refractivity contribution in [3.05, 3.63) is 0 Å². The Hall–Kier alpha value is -0.120. The molecule has 0 aromatic heterocycles. The van der Waals surface area contributed by atoms with Gasteiger partial charge in [0, 0.05) is 25.8 Å². The number of aliphatic hydroxyl groups is 1. The molecule has 0 aliphatic rings. The second-order valence-electron chi connectivity index (χ2n) is 3.52. The molecule has 0 aromatic carbocycles. The van der Waals surface area contributed by atoms with Crippen molar-refractivity contribution in [1.29, 1.82) is 0 Å². The van der Waals surface area contributed by atoms with E-state index in [4.69, 9.17) is 9.84 Å². The normalized spacial score (nSPS) is 15.7. The quantitative estimate of drug-likeness (QED) is 0.602. The van der Waals surface area contributed by atoms with E-state index in [-0.39, 0.29) is 12.6 Å². The van der Waals surface area contributed by atoms with E-state index < -0.39 is 0 Å². The van der Waals surface area contributed by atoms with Crippen molar-refractivity contribution in [2.24, 2.45) is 0 Å². The Bertz CT molecular complexity index is 103. The fourth-order valence-corrected chi connectivity index (χ4v) is 1.49. The van der Waals surface area contributed by atoms with Crippen LogP contribution in [0.3, 0.4) is 0 Å². The van der Waals surface area contributed by atoms with Crippen molar-refractivity contribution < 1.29 is 9.84 Å². The molecular weight excluding hydrogens is 166 g/mol. The second kappa shape index (κ2) is 8.48. The Kier molecular flexibility index (Phi) is 8.40. The molecule has 3 heteroatoms. The summed E-state index contributed by atoms with van der Waals surface area (Å²) in [6.45, 7) is 5.24. The minimum Gasteiger partial charge on any atom is -0.396 e. The fourth-order valence-electron chi connectivity index (χ4n) is 1.49. The van der Waals surface area contributed by atoms with Crippen LogP contribution in [0.5, 0.6) is 0 Å². The van der Waals surface area contributed by atoms with Gasteiger partial charge in [0.2, 0.25) is 0 Å². The predicted octanol–water partition coefficient (Wildman–Crippen LogP) is 1.16. The third-order valence-electron chi connectivity index (χ3n) is 2.09. The highest BCUT2D eigenvalue weighted by atomic mass is 16.5. The van der Waals surface area contributed by atoms with Crippen molar-refractivity contribution in [1.82, 2.24) is 5.32 Å². The van der Waals surface area contributed by atoms with Crippen LogP contribution < -0.4 is 5.32 Å². The van der Waals surface area contributed by atoms with Crippen molar-refractivity contribution >= 4 is 0 Å². The summed E-state index contributed by atoms with van der Waals surface area (Å²) in [4.78, 5) is 0. The monoisotopic (exact) mass is 189 g/mol. The van der Waals surface area contributed by atoms with Crippen LogP contribution in [0.1, 0.15) is 33.1 Å². The lowest BCUT2D eigenvalue weighted by molar-refractivity contribution is 0.142. The minimum atomic E-state index is 0.222. The first-order valence-corrected chi connectivity index (χ1v) is 5.10. The summed E-state index contributed by atoms with van der Waals surface area (Å²) in [5.41, 5.74) is 0. The Morgan fingerprint density at radius 3 is 2.54 bits per heavy atom. The summed E-state index contributed by atoms with van der Waals surface area (Å²) in [6.07, 6.45) is 3.13. The summed E-state index contributed by atoms with van der Waals surface area (Å²) < 4.78 is 5.06. The van der Waals surface area contributed by atoms with Crippen molar-refractivity contribution in [2.45, 2.75) is 45.2 Å². The molecule has 2 N–H and O–H groups in total. The number of ether oxygens (including phenoxy) is 1. The zero-order valence-electron chi connectivity index (χ0n) is 9.05. The lowest BCUT2D eigenvalue weighted by atomic mass is 10.1. The van der Waals surface area contributed by atoms with Crippen LogP contribution in [-0.4, -0.2) is 37.5 Å². The average Bonchev–Trinajstić information content (AvgIpc) is 2.05. The number of hydrogen-bond donors (Lipinski definition) is 2. The van der Waals surface area contributed by atoms with Gasteiger partial charge < -0.3 is 15.2 Å². The molecule has 0 aliphatic heterocycles. The van der Waals surface area contributed by atoms with Gasteiger partial charge in [-0.15, -0.1) is 0 Å². The van der Waals surface area contributed by atoms with Gasteiger partial charge in [0.05, 0.1) is 6.61 Å². The topological polar surface area (TPSA) is 41.5 Å². The van der Waals surface area contributed by atoms with Crippen LogP contribution in [0.15, 0.2) is 0 Å². The molecule has 3 nitrogen and oxygen atoms in total. The van der Waals surface area contributed by atoms with Gasteiger partial charge in [0.15, 0.2) is 0 Å². The molecule has 0 rings (SSSR count). The average molecular weight is 189 g/mol. The smallest absolute Gasteiger partial charge is 0.0616 e. The summed E-state index contributed by atoms with van der Waals surface area (Å²) >= 11 is 0. The molecule has 13 heavy (non-hydrogen) atoms. The number of nitrogens with one attached hydrogen (secondary N) is 1. The molecule has 0 fully saturated rings. The van der Waals surface area contributed by atoms with Gasteiger partial charge >= 0.3 is 0 Å². The van der Waals surface area contributed by atoms with E-state index >= 15 is 0 Å². The van der Waals surface area contributed by atoms with Crippen LogP contribution >= 0.6 is 0 Å². The molecule has 0 bridgehead atoms. The zero-order chi connectivity index (χ0) is 10.1. The number of hydrogen-bond acceptors (Lipinski definition) is 3. The molecule has 0 saturated heterocycles. The standard InChI is InChI=1S/C10H23NO2/c1-4-5-9(2)11-10(6-7-12)8-13-3/h9-12H,4-8H2,1-3H3. The fraction of sp³-hybridized carbons (Fsp3) is 1.00. The van der Waals surface area contributed by atoms with E-state index in [9.17, 15) is 0 Å². The first-order chi connectivity index (χ1) is 6.24. The molecule has 2 atom stereocenters. The molecule has 0 amide bonds. The van der Waals surface area contributed by atoms with E-state index in [1.807, 2.05) is 0 Å². The van der Waals surface area contributed by atoms with Crippen molar-refractivity contribution in [2.75, 3.05) is 20.3 Å². The first-order valence-electron chi connectivity index (χ1n) is 5.10. The Labute approximate surface area is 81.5 Å². The Morgan fingerprint density at radius 2 is 2.08 bits per heavy atom. The van der Waals surface area contributed by atoms with Gasteiger partial charge in [-0.25, -0.2) is 0 Å². The van der Waals surface area contributed by atoms with E-state index in [0.717, 1.165) is 6.42 Å². The highest BCUT2D eigenvalue weighted by Crippen LogP contribution is 1.99. The number of methoxy groups -OCH3 is 1. The van der Waals surface area contributed by atoms with Gasteiger partial charge in [-0.2, -0.15) is 0 Å². The predicted molar refractivity (Wildman–Crippen MR) is 54.9 cm³/mol. The first kappa shape index (κ1) is 12.9. The highest BCUT2D eigenvalue weighted by Gasteiger charge is 2.10. The van der Waals surface area contributed by atoms with Crippen molar-refractivity contribution in [3.63, 3.8) is 0 Å². The Balaban J connectivity index is 3.64. The molecule has 80 valence electrons. The largest absolute Gasteiger partial charge is 0.396 e. The van der Waals surface area contributed by atoms with Crippen LogP contribution in [0.4, 0.5) is 0 Å². The molecule has 2 unspecified atom stereocenters. The molecule has 0 heterocycles. The van der Waals surface area contributed by atoms with E-state index in [2.05, 4.69) is 19.2 Å². The van der Waals surface area contributed by atoms with E-state index in [0.29, 0.717) is 12.6 Å². The van der Waals surface area contributed by atoms with E-state index in [1.54, 1.807) is 7.11 Å². The third-order valence-corrected chi connectivity index (χ3v) is 2.09. The van der Waals surface area contributed by atoms with E-state index in [1.165, 1.54) is 12.8 Å². The second-order valence-corrected chi connectivity index (χ2v) is 3.52. The lowest BCUT2D eigenvalue weighted by Gasteiger charge is -2.21. The van der Waals surface area contributed by atoms with Crippen LogP contribution in [0.25, 0.3) is 0 Å². The van der Waals surface area contributed by atoms with Gasteiger partial charge in [-0.05, 0) is 19.8 Å². The van der Waals surface area contributed by atoms with Crippen molar-refractivity contribution in [3.8, 4) is 0 Å². The van der Waals surface area contributed by atoms with Gasteiger partial charge in [-0.1, -0.05) is 13.3 Å².